The van der Waals surface area contributed by atoms with Gasteiger partial charge in [0.15, 0.2) is 0 Å². The van der Waals surface area contributed by atoms with E-state index in [-0.39, 0.29) is 16.8 Å². The number of rotatable bonds is 3. The third-order valence-electron chi connectivity index (χ3n) is 1.66. The number of pyridine rings is 1. The van der Waals surface area contributed by atoms with Crippen molar-refractivity contribution in [2.24, 2.45) is 0 Å². The number of carbonyl (C=O) groups excluding carboxylic acids is 1. The first-order valence-electron chi connectivity index (χ1n) is 4.24. The van der Waals surface area contributed by atoms with Crippen molar-refractivity contribution in [2.45, 2.75) is 13.3 Å². The molecule has 0 aromatic carbocycles. The van der Waals surface area contributed by atoms with Gasteiger partial charge < -0.3 is 9.72 Å². The van der Waals surface area contributed by atoms with Crippen molar-refractivity contribution < 1.29 is 18.3 Å². The molecule has 82 valence electrons. The molecule has 0 saturated heterocycles. The number of hydrogen-bond donors (Lipinski definition) is 1. The van der Waals surface area contributed by atoms with Crippen LogP contribution in [0.3, 0.4) is 0 Å². The summed E-state index contributed by atoms with van der Waals surface area (Å²) in [5.74, 6) is -0.779. The Morgan fingerprint density at radius 2 is 2.27 bits per heavy atom. The molecular weight excluding hydrogens is 224 g/mol. The molecule has 0 aliphatic carbocycles. The third-order valence-corrected chi connectivity index (χ3v) is 1.90. The van der Waals surface area contributed by atoms with Crippen molar-refractivity contribution in [1.82, 2.24) is 4.98 Å². The van der Waals surface area contributed by atoms with Crippen LogP contribution >= 0.6 is 12.2 Å². The Hall–Kier alpha value is -1.30. The van der Waals surface area contributed by atoms with Crippen molar-refractivity contribution in [1.29, 1.82) is 0 Å². The first-order valence-corrected chi connectivity index (χ1v) is 4.65. The number of ether oxygens (including phenoxy) is 1. The normalized spacial score (nSPS) is 10.4. The Balaban J connectivity index is 3.17. The standard InChI is InChI=1S/C9H9F2NO2S/c1-2-14-9(13)5-3-4-6(15)12-7(5)8(10)11/h3-4,8H,2H2,1H3,(H,12,15). The Morgan fingerprint density at radius 1 is 1.60 bits per heavy atom. The SMILES string of the molecule is CCOC(=O)c1ccc(=S)[nH]c1C(F)F. The van der Waals surface area contributed by atoms with E-state index in [4.69, 9.17) is 0 Å². The summed E-state index contributed by atoms with van der Waals surface area (Å²) in [5.41, 5.74) is -0.679. The second kappa shape index (κ2) is 4.97. The second-order valence-electron chi connectivity index (χ2n) is 2.67. The number of carbonyl (C=O) groups is 1. The fourth-order valence-electron chi connectivity index (χ4n) is 1.05. The predicted octanol–water partition coefficient (Wildman–Crippen LogP) is 2.86. The molecule has 1 N–H and O–H groups in total. The molecule has 1 aromatic heterocycles. The number of hydrogen-bond acceptors (Lipinski definition) is 3. The van der Waals surface area contributed by atoms with E-state index >= 15 is 0 Å². The van der Waals surface area contributed by atoms with E-state index in [1.165, 1.54) is 12.1 Å². The summed E-state index contributed by atoms with van der Waals surface area (Å²) >= 11 is 4.69. The van der Waals surface area contributed by atoms with Crippen LogP contribution in [-0.4, -0.2) is 17.6 Å². The molecule has 0 radical (unpaired) electrons. The highest BCUT2D eigenvalue weighted by molar-refractivity contribution is 7.71. The average Bonchev–Trinajstić information content (AvgIpc) is 2.17. The summed E-state index contributed by atoms with van der Waals surface area (Å²) in [7, 11) is 0. The molecular formula is C9H9F2NO2S. The molecule has 0 atom stereocenters. The van der Waals surface area contributed by atoms with E-state index < -0.39 is 18.1 Å². The molecule has 0 amide bonds. The highest BCUT2D eigenvalue weighted by Gasteiger charge is 2.19. The van der Waals surface area contributed by atoms with E-state index in [0.717, 1.165) is 0 Å². The van der Waals surface area contributed by atoms with Gasteiger partial charge in [-0.1, -0.05) is 12.2 Å². The van der Waals surface area contributed by atoms with Crippen LogP contribution in [0.4, 0.5) is 8.78 Å². The molecule has 1 rings (SSSR count). The van der Waals surface area contributed by atoms with Crippen molar-refractivity contribution >= 4 is 18.2 Å². The largest absolute Gasteiger partial charge is 0.462 e. The summed E-state index contributed by atoms with van der Waals surface area (Å²) in [4.78, 5) is 13.6. The van der Waals surface area contributed by atoms with Crippen LogP contribution in [0.25, 0.3) is 0 Å². The Kier molecular flexibility index (Phi) is 3.90. The lowest BCUT2D eigenvalue weighted by molar-refractivity contribution is 0.0513. The molecule has 0 bridgehead atoms. The molecule has 0 saturated carbocycles. The molecule has 0 unspecified atom stereocenters. The Labute approximate surface area is 90.1 Å². The van der Waals surface area contributed by atoms with Gasteiger partial charge in [0.25, 0.3) is 6.43 Å². The molecule has 6 heteroatoms. The number of halogens is 2. The van der Waals surface area contributed by atoms with Crippen LogP contribution in [0.5, 0.6) is 0 Å². The lowest BCUT2D eigenvalue weighted by Crippen LogP contribution is -2.10. The summed E-state index contributed by atoms with van der Waals surface area (Å²) in [6, 6.07) is 2.60. The van der Waals surface area contributed by atoms with Crippen molar-refractivity contribution in [3.63, 3.8) is 0 Å². The van der Waals surface area contributed by atoms with Gasteiger partial charge in [-0.25, -0.2) is 13.6 Å². The summed E-state index contributed by atoms with van der Waals surface area (Å²) in [5, 5.41) is 0. The molecule has 0 aliphatic heterocycles. The van der Waals surface area contributed by atoms with E-state index in [9.17, 15) is 13.6 Å². The Bertz CT molecular complexity index is 417. The zero-order valence-electron chi connectivity index (χ0n) is 7.92. The first kappa shape index (κ1) is 11.8. The van der Waals surface area contributed by atoms with Crippen LogP contribution in [-0.2, 0) is 4.74 Å². The minimum atomic E-state index is -2.78. The minimum absolute atomic E-state index is 0.136. The molecule has 1 aromatic rings. The van der Waals surface area contributed by atoms with E-state index in [2.05, 4.69) is 21.9 Å². The van der Waals surface area contributed by atoms with Crippen LogP contribution in [0.15, 0.2) is 12.1 Å². The molecule has 1 heterocycles. The Morgan fingerprint density at radius 3 is 2.80 bits per heavy atom. The fraction of sp³-hybridized carbons (Fsp3) is 0.333. The number of aromatic nitrogens is 1. The van der Waals surface area contributed by atoms with Gasteiger partial charge in [-0.15, -0.1) is 0 Å². The van der Waals surface area contributed by atoms with Gasteiger partial charge >= 0.3 is 5.97 Å². The number of alkyl halides is 2. The lowest BCUT2D eigenvalue weighted by Gasteiger charge is -2.07. The van der Waals surface area contributed by atoms with Gasteiger partial charge in [0.1, 0.15) is 4.64 Å². The fourth-order valence-corrected chi connectivity index (χ4v) is 1.23. The van der Waals surface area contributed by atoms with Gasteiger partial charge in [-0.05, 0) is 19.1 Å². The molecule has 15 heavy (non-hydrogen) atoms. The molecule has 0 fully saturated rings. The summed E-state index contributed by atoms with van der Waals surface area (Å²) in [6.45, 7) is 1.74. The van der Waals surface area contributed by atoms with Crippen molar-refractivity contribution in [3.05, 3.63) is 28.0 Å². The zero-order chi connectivity index (χ0) is 11.4. The molecule has 0 aliphatic rings. The minimum Gasteiger partial charge on any atom is -0.462 e. The van der Waals surface area contributed by atoms with Crippen LogP contribution in [0, 0.1) is 4.64 Å². The number of nitrogens with one attached hydrogen (secondary N) is 1. The van der Waals surface area contributed by atoms with E-state index in [1.54, 1.807) is 6.92 Å². The van der Waals surface area contributed by atoms with Crippen molar-refractivity contribution in [3.8, 4) is 0 Å². The van der Waals surface area contributed by atoms with Gasteiger partial charge in [-0.2, -0.15) is 0 Å². The maximum atomic E-state index is 12.5. The number of aromatic amines is 1. The van der Waals surface area contributed by atoms with E-state index in [0.29, 0.717) is 0 Å². The maximum absolute atomic E-state index is 12.5. The lowest BCUT2D eigenvalue weighted by atomic mass is 10.2. The summed E-state index contributed by atoms with van der Waals surface area (Å²) in [6.07, 6.45) is -2.78. The molecule has 3 nitrogen and oxygen atoms in total. The van der Waals surface area contributed by atoms with E-state index in [1.807, 2.05) is 0 Å². The smallest absolute Gasteiger partial charge is 0.340 e. The topological polar surface area (TPSA) is 42.1 Å². The van der Waals surface area contributed by atoms with Crippen LogP contribution < -0.4 is 0 Å². The third kappa shape index (κ3) is 2.82. The van der Waals surface area contributed by atoms with Gasteiger partial charge in [0, 0.05) is 0 Å². The zero-order valence-corrected chi connectivity index (χ0v) is 8.74. The quantitative estimate of drug-likeness (QED) is 0.644. The highest BCUT2D eigenvalue weighted by atomic mass is 32.1. The average molecular weight is 233 g/mol. The van der Waals surface area contributed by atoms with Gasteiger partial charge in [0.05, 0.1) is 17.9 Å². The maximum Gasteiger partial charge on any atom is 0.340 e. The van der Waals surface area contributed by atoms with Crippen LogP contribution in [0.2, 0.25) is 0 Å². The number of H-pyrrole nitrogens is 1. The second-order valence-corrected chi connectivity index (χ2v) is 3.11. The predicted molar refractivity (Wildman–Crippen MR) is 52.5 cm³/mol. The number of esters is 1. The monoisotopic (exact) mass is 233 g/mol. The summed E-state index contributed by atoms with van der Waals surface area (Å²) < 4.78 is 29.8. The van der Waals surface area contributed by atoms with Crippen LogP contribution in [0.1, 0.15) is 29.4 Å². The first-order chi connectivity index (χ1) is 7.06. The van der Waals surface area contributed by atoms with Gasteiger partial charge in [0.2, 0.25) is 0 Å². The van der Waals surface area contributed by atoms with Gasteiger partial charge in [-0.3, -0.25) is 0 Å². The van der Waals surface area contributed by atoms with Crippen molar-refractivity contribution in [2.75, 3.05) is 6.61 Å². The highest BCUT2D eigenvalue weighted by Crippen LogP contribution is 2.21. The molecule has 0 spiro atoms.